The highest BCUT2D eigenvalue weighted by molar-refractivity contribution is 5.85. The van der Waals surface area contributed by atoms with E-state index >= 15 is 0 Å². The van der Waals surface area contributed by atoms with Crippen molar-refractivity contribution in [3.8, 4) is 0 Å². The van der Waals surface area contributed by atoms with Gasteiger partial charge in [0.1, 0.15) is 0 Å². The Morgan fingerprint density at radius 2 is 1.79 bits per heavy atom. The Labute approximate surface area is 145 Å². The lowest BCUT2D eigenvalue weighted by Gasteiger charge is -2.39. The van der Waals surface area contributed by atoms with E-state index in [1.807, 2.05) is 0 Å². The van der Waals surface area contributed by atoms with Crippen molar-refractivity contribution in [2.75, 3.05) is 39.3 Å². The minimum absolute atomic E-state index is 0.0119. The highest BCUT2D eigenvalue weighted by Gasteiger charge is 2.47. The summed E-state index contributed by atoms with van der Waals surface area (Å²) in [6.07, 6.45) is 3.44. The molecule has 1 atom stereocenters. The molecule has 1 saturated carbocycles. The molecule has 4 heteroatoms. The maximum Gasteiger partial charge on any atom is 0.228 e. The number of hydrogen-bond donors (Lipinski definition) is 0. The molecule has 4 rings (SSSR count). The highest BCUT2D eigenvalue weighted by atomic mass is 16.2. The summed E-state index contributed by atoms with van der Waals surface area (Å²) in [6, 6.07) is 11.4. The Morgan fingerprint density at radius 1 is 1.08 bits per heavy atom. The van der Waals surface area contributed by atoms with Crippen LogP contribution in [0.25, 0.3) is 0 Å². The largest absolute Gasteiger partial charge is 0.340 e. The average molecular weight is 327 g/mol. The van der Waals surface area contributed by atoms with Crippen molar-refractivity contribution in [1.82, 2.24) is 14.7 Å². The monoisotopic (exact) mass is 327 g/mol. The summed E-state index contributed by atoms with van der Waals surface area (Å²) in [6.45, 7) is 9.48. The van der Waals surface area contributed by atoms with E-state index in [0.29, 0.717) is 11.9 Å². The molecule has 0 N–H and O–H groups in total. The Hall–Kier alpha value is -1.39. The maximum absolute atomic E-state index is 12.5. The summed E-state index contributed by atoms with van der Waals surface area (Å²) in [5.74, 6) is 0.402. The number of hydrogen-bond acceptors (Lipinski definition) is 3. The van der Waals surface area contributed by atoms with E-state index in [9.17, 15) is 4.79 Å². The van der Waals surface area contributed by atoms with Crippen molar-refractivity contribution in [3.05, 3.63) is 35.9 Å². The fourth-order valence-electron chi connectivity index (χ4n) is 4.17. The number of nitrogens with zero attached hydrogens (tertiary/aromatic N) is 3. The second-order valence-corrected chi connectivity index (χ2v) is 8.05. The van der Waals surface area contributed by atoms with Crippen LogP contribution in [-0.2, 0) is 11.3 Å². The van der Waals surface area contributed by atoms with Gasteiger partial charge < -0.3 is 4.90 Å². The van der Waals surface area contributed by atoms with E-state index in [1.54, 1.807) is 0 Å². The molecule has 3 fully saturated rings. The zero-order chi connectivity index (χ0) is 16.6. The average Bonchev–Trinajstić information content (AvgIpc) is 3.20. The van der Waals surface area contributed by atoms with Crippen LogP contribution in [0.4, 0.5) is 0 Å². The molecule has 1 aromatic carbocycles. The van der Waals surface area contributed by atoms with E-state index in [-0.39, 0.29) is 5.41 Å². The molecule has 2 heterocycles. The van der Waals surface area contributed by atoms with Crippen LogP contribution in [0.1, 0.15) is 31.7 Å². The van der Waals surface area contributed by atoms with Crippen LogP contribution in [0.3, 0.4) is 0 Å². The minimum Gasteiger partial charge on any atom is -0.340 e. The molecule has 1 aliphatic carbocycles. The van der Waals surface area contributed by atoms with Gasteiger partial charge in [-0.1, -0.05) is 37.3 Å². The van der Waals surface area contributed by atoms with Crippen LogP contribution in [0, 0.1) is 5.41 Å². The molecule has 2 saturated heterocycles. The first kappa shape index (κ1) is 16.1. The molecule has 0 bridgehead atoms. The first-order chi connectivity index (χ1) is 11.6. The van der Waals surface area contributed by atoms with Gasteiger partial charge in [-0.2, -0.15) is 0 Å². The Kier molecular flexibility index (Phi) is 4.35. The second-order valence-electron chi connectivity index (χ2n) is 8.05. The standard InChI is InChI=1S/C20H29N3O/c1-20(8-9-20)19(24)23-13-11-22(12-14-23)18-7-10-21(16-18)15-17-5-3-2-4-6-17/h2-6,18H,7-16H2,1H3. The normalized spacial score (nSPS) is 27.4. The molecule has 3 aliphatic rings. The molecule has 0 radical (unpaired) electrons. The van der Waals surface area contributed by atoms with Crippen molar-refractivity contribution < 1.29 is 4.79 Å². The lowest BCUT2D eigenvalue weighted by Crippen LogP contribution is -2.53. The predicted molar refractivity (Wildman–Crippen MR) is 95.6 cm³/mol. The van der Waals surface area contributed by atoms with Crippen molar-refractivity contribution in [2.24, 2.45) is 5.41 Å². The van der Waals surface area contributed by atoms with E-state index in [1.165, 1.54) is 25.1 Å². The third kappa shape index (κ3) is 3.35. The van der Waals surface area contributed by atoms with Crippen molar-refractivity contribution >= 4 is 5.91 Å². The van der Waals surface area contributed by atoms with Crippen LogP contribution in [0.2, 0.25) is 0 Å². The van der Waals surface area contributed by atoms with Gasteiger partial charge in [-0.3, -0.25) is 14.6 Å². The molecule has 0 spiro atoms. The summed E-state index contributed by atoms with van der Waals surface area (Å²) in [7, 11) is 0. The Morgan fingerprint density at radius 3 is 2.46 bits per heavy atom. The van der Waals surface area contributed by atoms with Gasteiger partial charge in [-0.15, -0.1) is 0 Å². The molecule has 24 heavy (non-hydrogen) atoms. The zero-order valence-corrected chi connectivity index (χ0v) is 14.8. The van der Waals surface area contributed by atoms with Crippen LogP contribution in [0.15, 0.2) is 30.3 Å². The maximum atomic E-state index is 12.5. The van der Waals surface area contributed by atoms with Gasteiger partial charge in [0.25, 0.3) is 0 Å². The first-order valence-corrected chi connectivity index (χ1v) is 9.44. The number of amides is 1. The van der Waals surface area contributed by atoms with Crippen molar-refractivity contribution in [1.29, 1.82) is 0 Å². The fraction of sp³-hybridized carbons (Fsp3) is 0.650. The number of likely N-dealkylation sites (tertiary alicyclic amines) is 1. The number of benzene rings is 1. The van der Waals surface area contributed by atoms with E-state index in [4.69, 9.17) is 0 Å². The summed E-state index contributed by atoms with van der Waals surface area (Å²) in [5, 5.41) is 0. The van der Waals surface area contributed by atoms with E-state index in [0.717, 1.165) is 45.6 Å². The molecule has 4 nitrogen and oxygen atoms in total. The lowest BCUT2D eigenvalue weighted by molar-refractivity contribution is -0.138. The van der Waals surface area contributed by atoms with Gasteiger partial charge in [0.2, 0.25) is 5.91 Å². The lowest BCUT2D eigenvalue weighted by atomic mass is 10.1. The summed E-state index contributed by atoms with van der Waals surface area (Å²) in [4.78, 5) is 19.8. The van der Waals surface area contributed by atoms with Gasteiger partial charge >= 0.3 is 0 Å². The zero-order valence-electron chi connectivity index (χ0n) is 14.8. The third-order valence-electron chi connectivity index (χ3n) is 6.13. The Balaban J connectivity index is 1.25. The van der Waals surface area contributed by atoms with Gasteiger partial charge in [0.15, 0.2) is 0 Å². The number of carbonyl (C=O) groups excluding carboxylic acids is 1. The van der Waals surface area contributed by atoms with Gasteiger partial charge in [0, 0.05) is 57.3 Å². The SMILES string of the molecule is CC1(C(=O)N2CCN(C3CCN(Cc4ccccc4)C3)CC2)CC1. The van der Waals surface area contributed by atoms with Gasteiger partial charge in [0.05, 0.1) is 0 Å². The molecular weight excluding hydrogens is 298 g/mol. The molecular formula is C20H29N3O. The fourth-order valence-corrected chi connectivity index (χ4v) is 4.17. The van der Waals surface area contributed by atoms with Crippen LogP contribution in [0.5, 0.6) is 0 Å². The quantitative estimate of drug-likeness (QED) is 0.848. The Bertz CT molecular complexity index is 576. The van der Waals surface area contributed by atoms with Crippen molar-refractivity contribution in [2.45, 2.75) is 38.8 Å². The van der Waals surface area contributed by atoms with Crippen LogP contribution in [-0.4, -0.2) is 65.9 Å². The number of piperazine rings is 1. The summed E-state index contributed by atoms with van der Waals surface area (Å²) >= 11 is 0. The predicted octanol–water partition coefficient (Wildman–Crippen LogP) is 2.21. The molecule has 1 amide bonds. The topological polar surface area (TPSA) is 26.8 Å². The first-order valence-electron chi connectivity index (χ1n) is 9.44. The molecule has 1 unspecified atom stereocenters. The highest BCUT2D eigenvalue weighted by Crippen LogP contribution is 2.46. The molecule has 0 aromatic heterocycles. The minimum atomic E-state index is -0.0119. The number of carbonyl (C=O) groups is 1. The molecule has 130 valence electrons. The van der Waals surface area contributed by atoms with Gasteiger partial charge in [-0.25, -0.2) is 0 Å². The van der Waals surface area contributed by atoms with Gasteiger partial charge in [-0.05, 0) is 24.8 Å². The summed E-state index contributed by atoms with van der Waals surface area (Å²) in [5.41, 5.74) is 1.40. The van der Waals surface area contributed by atoms with E-state index < -0.39 is 0 Å². The smallest absolute Gasteiger partial charge is 0.228 e. The van der Waals surface area contributed by atoms with Crippen molar-refractivity contribution in [3.63, 3.8) is 0 Å². The number of rotatable bonds is 4. The molecule has 2 aliphatic heterocycles. The van der Waals surface area contributed by atoms with Crippen LogP contribution >= 0.6 is 0 Å². The van der Waals surface area contributed by atoms with Crippen LogP contribution < -0.4 is 0 Å². The molecule has 1 aromatic rings. The second kappa shape index (κ2) is 6.49. The van der Waals surface area contributed by atoms with E-state index in [2.05, 4.69) is 52.0 Å². The summed E-state index contributed by atoms with van der Waals surface area (Å²) < 4.78 is 0. The third-order valence-corrected chi connectivity index (χ3v) is 6.13.